The third-order valence-corrected chi connectivity index (χ3v) is 9.34. The van der Waals surface area contributed by atoms with E-state index in [0.717, 1.165) is 42.0 Å². The topological polar surface area (TPSA) is 46.5 Å². The highest BCUT2D eigenvalue weighted by molar-refractivity contribution is 6.12. The highest BCUT2D eigenvalue weighted by Crippen LogP contribution is 2.45. The highest BCUT2D eigenvalue weighted by atomic mass is 19.4. The molecular weight excluding hydrogens is 707 g/mol. The van der Waals surface area contributed by atoms with Gasteiger partial charge in [-0.1, -0.05) is 23.8 Å². The minimum absolute atomic E-state index is 0.102. The van der Waals surface area contributed by atoms with E-state index in [1.165, 1.54) is 35.2 Å². The number of aryl methyl sites for hydroxylation is 1. The van der Waals surface area contributed by atoms with Crippen LogP contribution in [-0.4, -0.2) is 14.1 Å². The van der Waals surface area contributed by atoms with Crippen LogP contribution in [0.5, 0.6) is 0 Å². The summed E-state index contributed by atoms with van der Waals surface area (Å²) in [7, 11) is 0. The number of fused-ring (bicyclic) bond motifs is 6. The summed E-state index contributed by atoms with van der Waals surface area (Å²) in [6, 6.07) is 22.8. The molecule has 13 heteroatoms. The molecule has 0 saturated heterocycles. The molecule has 0 bridgehead atoms. The lowest BCUT2D eigenvalue weighted by Crippen LogP contribution is -2.07. The van der Waals surface area contributed by atoms with E-state index >= 15 is 0 Å². The molecule has 3 aromatic heterocycles. The first-order valence-corrected chi connectivity index (χ1v) is 15.9. The maximum atomic E-state index is 14.0. The molecule has 0 aliphatic rings. The number of hydrogen-bond donors (Lipinski definition) is 0. The van der Waals surface area contributed by atoms with Gasteiger partial charge in [0.05, 0.1) is 74.2 Å². The first-order valence-electron chi connectivity index (χ1n) is 15.9. The van der Waals surface area contributed by atoms with Crippen LogP contribution in [0.4, 0.5) is 39.5 Å². The van der Waals surface area contributed by atoms with Crippen molar-refractivity contribution < 1.29 is 39.5 Å². The minimum Gasteiger partial charge on any atom is -0.307 e. The molecule has 0 aliphatic carbocycles. The zero-order valence-electron chi connectivity index (χ0n) is 27.1. The van der Waals surface area contributed by atoms with Gasteiger partial charge in [-0.15, -0.1) is 0 Å². The van der Waals surface area contributed by atoms with Crippen molar-refractivity contribution in [3.8, 4) is 28.6 Å². The average Bonchev–Trinajstić information content (AvgIpc) is 3.61. The zero-order valence-corrected chi connectivity index (χ0v) is 27.1. The molecule has 3 heterocycles. The summed E-state index contributed by atoms with van der Waals surface area (Å²) in [4.78, 5) is 4.49. The Morgan fingerprint density at radius 3 is 1.36 bits per heavy atom. The van der Waals surface area contributed by atoms with Crippen LogP contribution >= 0.6 is 0 Å². The number of aromatic nitrogens is 3. The molecule has 8 aromatic rings. The van der Waals surface area contributed by atoms with Crippen molar-refractivity contribution in [1.82, 2.24) is 14.1 Å². The van der Waals surface area contributed by atoms with E-state index in [-0.39, 0.29) is 38.4 Å². The van der Waals surface area contributed by atoms with Crippen molar-refractivity contribution in [2.24, 2.45) is 0 Å². The van der Waals surface area contributed by atoms with Gasteiger partial charge >= 0.3 is 18.5 Å². The average molecular weight is 729 g/mol. The van der Waals surface area contributed by atoms with Gasteiger partial charge in [0, 0.05) is 27.1 Å². The highest BCUT2D eigenvalue weighted by Gasteiger charge is 2.34. The molecule has 8 rings (SSSR count). The second-order valence-corrected chi connectivity index (χ2v) is 12.6. The van der Waals surface area contributed by atoms with Crippen molar-refractivity contribution in [3.05, 3.63) is 137 Å². The molecular formula is C40H21F9N4. The van der Waals surface area contributed by atoms with Crippen LogP contribution in [0.3, 0.4) is 0 Å². The number of benzene rings is 5. The molecule has 0 amide bonds. The maximum absolute atomic E-state index is 14.0. The van der Waals surface area contributed by atoms with Gasteiger partial charge in [-0.25, -0.2) is 0 Å². The molecule has 0 N–H and O–H groups in total. The van der Waals surface area contributed by atoms with Crippen molar-refractivity contribution in [2.75, 3.05) is 0 Å². The fraction of sp³-hybridized carbons (Fsp3) is 0.100. The van der Waals surface area contributed by atoms with Gasteiger partial charge in [0.2, 0.25) is 0 Å². The number of nitrogens with zero attached hydrogens (tertiary/aromatic N) is 4. The zero-order chi connectivity index (χ0) is 37.6. The predicted molar refractivity (Wildman–Crippen MR) is 183 cm³/mol. The first-order chi connectivity index (χ1) is 25.0. The van der Waals surface area contributed by atoms with Crippen LogP contribution in [0.15, 0.2) is 109 Å². The molecule has 0 spiro atoms. The largest absolute Gasteiger partial charge is 0.416 e. The minimum atomic E-state index is -4.80. The molecule has 0 radical (unpaired) electrons. The van der Waals surface area contributed by atoms with E-state index in [0.29, 0.717) is 33.2 Å². The van der Waals surface area contributed by atoms with Crippen LogP contribution in [-0.2, 0) is 18.5 Å². The number of halogens is 9. The van der Waals surface area contributed by atoms with E-state index in [1.807, 2.05) is 0 Å². The van der Waals surface area contributed by atoms with Crippen LogP contribution in [0.2, 0.25) is 0 Å². The Balaban J connectivity index is 1.54. The second-order valence-electron chi connectivity index (χ2n) is 12.6. The number of alkyl halides is 9. The Morgan fingerprint density at radius 1 is 0.528 bits per heavy atom. The van der Waals surface area contributed by atoms with Gasteiger partial charge in [0.15, 0.2) is 0 Å². The normalized spacial score (nSPS) is 12.7. The van der Waals surface area contributed by atoms with Crippen LogP contribution in [0.1, 0.15) is 27.8 Å². The summed E-state index contributed by atoms with van der Waals surface area (Å²) < 4.78 is 129. The van der Waals surface area contributed by atoms with Gasteiger partial charge in [0.25, 0.3) is 0 Å². The summed E-state index contributed by atoms with van der Waals surface area (Å²) in [6.45, 7) is 1.80. The lowest BCUT2D eigenvalue weighted by atomic mass is 10.0. The number of pyridine rings is 1. The van der Waals surface area contributed by atoms with Gasteiger partial charge < -0.3 is 9.13 Å². The Labute approximate surface area is 293 Å². The number of nitriles is 1. The summed E-state index contributed by atoms with van der Waals surface area (Å²) in [6.07, 6.45) is -11.3. The predicted octanol–water partition coefficient (Wildman–Crippen LogP) is 12.2. The van der Waals surface area contributed by atoms with Crippen molar-refractivity contribution in [1.29, 1.82) is 5.26 Å². The van der Waals surface area contributed by atoms with Crippen molar-refractivity contribution in [2.45, 2.75) is 25.5 Å². The maximum Gasteiger partial charge on any atom is 0.416 e. The molecule has 4 nitrogen and oxygen atoms in total. The fourth-order valence-electron chi connectivity index (χ4n) is 7.03. The van der Waals surface area contributed by atoms with E-state index in [9.17, 15) is 44.8 Å². The fourth-order valence-corrected chi connectivity index (χ4v) is 7.03. The Kier molecular flexibility index (Phi) is 7.41. The molecule has 0 atom stereocenters. The van der Waals surface area contributed by atoms with E-state index in [4.69, 9.17) is 0 Å². The van der Waals surface area contributed by atoms with Crippen molar-refractivity contribution in [3.63, 3.8) is 0 Å². The standard InChI is InChI=1S/C40H21F9N4/c1-21-5-9-31-27(13-21)28-15-24(38(41,42)43)6-10-32(28)52(31)35-19-51-20-36(37(35)23-4-2-3-22(14-23)18-50)53-33-11-7-25(39(44,45)46)16-29(33)30-17-26(40(47,48)49)8-12-34(30)53/h2-17,19-20H,1H3. The molecule has 0 aliphatic heterocycles. The number of hydrogen-bond acceptors (Lipinski definition) is 2. The third-order valence-electron chi connectivity index (χ3n) is 9.34. The van der Waals surface area contributed by atoms with E-state index in [1.54, 1.807) is 54.0 Å². The van der Waals surface area contributed by atoms with E-state index in [2.05, 4.69) is 11.1 Å². The molecule has 264 valence electrons. The third kappa shape index (κ3) is 5.53. The van der Waals surface area contributed by atoms with E-state index < -0.39 is 35.2 Å². The Bertz CT molecular complexity index is 2760. The van der Waals surface area contributed by atoms with Crippen LogP contribution in [0, 0.1) is 18.3 Å². The van der Waals surface area contributed by atoms with Gasteiger partial charge in [0.1, 0.15) is 0 Å². The van der Waals surface area contributed by atoms with Crippen LogP contribution in [0.25, 0.3) is 66.1 Å². The van der Waals surface area contributed by atoms with Crippen LogP contribution < -0.4 is 0 Å². The van der Waals surface area contributed by atoms with Gasteiger partial charge in [-0.05, 0) is 91.3 Å². The van der Waals surface area contributed by atoms with Gasteiger partial charge in [-0.2, -0.15) is 44.8 Å². The lowest BCUT2D eigenvalue weighted by Gasteiger charge is -2.20. The molecule has 0 saturated carbocycles. The van der Waals surface area contributed by atoms with Gasteiger partial charge in [-0.3, -0.25) is 4.98 Å². The summed E-state index contributed by atoms with van der Waals surface area (Å²) in [5.74, 6) is 0. The molecule has 53 heavy (non-hydrogen) atoms. The lowest BCUT2D eigenvalue weighted by molar-refractivity contribution is -0.138. The Hall–Kier alpha value is -6.29. The second kappa shape index (κ2) is 11.6. The SMILES string of the molecule is Cc1ccc2c(c1)c1cc(C(F)(F)F)ccc1n2-c1cncc(-n2c3ccc(C(F)(F)F)cc3c3cc(C(F)(F)F)ccc32)c1-c1cccc(C#N)c1. The molecule has 0 unspecified atom stereocenters. The van der Waals surface area contributed by atoms with Crippen molar-refractivity contribution >= 4 is 43.6 Å². The Morgan fingerprint density at radius 2 is 0.943 bits per heavy atom. The summed E-state index contributed by atoms with van der Waals surface area (Å²) in [5.41, 5.74) is 0.545. The monoisotopic (exact) mass is 728 g/mol. The number of rotatable bonds is 3. The molecule has 5 aromatic carbocycles. The smallest absolute Gasteiger partial charge is 0.307 e. The quantitative estimate of drug-likeness (QED) is 0.170. The summed E-state index contributed by atoms with van der Waals surface area (Å²) in [5, 5.41) is 10.4. The molecule has 0 fully saturated rings. The summed E-state index contributed by atoms with van der Waals surface area (Å²) >= 11 is 0. The first kappa shape index (κ1) is 33.8.